The van der Waals surface area contributed by atoms with Gasteiger partial charge in [-0.25, -0.2) is 9.13 Å². The fourth-order valence-corrected chi connectivity index (χ4v) is 12.3. The summed E-state index contributed by atoms with van der Waals surface area (Å²) in [5, 5.41) is 10.6. The highest BCUT2D eigenvalue weighted by Gasteiger charge is 2.30. The Morgan fingerprint density at radius 3 is 0.837 bits per heavy atom. The monoisotopic (exact) mass is 1420 g/mol. The third-order valence-electron chi connectivity index (χ3n) is 16.7. The summed E-state index contributed by atoms with van der Waals surface area (Å²) in [7, 11) is -9.95. The van der Waals surface area contributed by atoms with Gasteiger partial charge in [-0.05, 0) is 116 Å². The van der Waals surface area contributed by atoms with E-state index in [9.17, 15) is 43.2 Å². The van der Waals surface area contributed by atoms with Crippen molar-refractivity contribution < 1.29 is 80.2 Å². The number of aliphatic hydroxyl groups is 1. The first-order valence-corrected chi connectivity index (χ1v) is 42.2. The van der Waals surface area contributed by atoms with Crippen molar-refractivity contribution in [3.63, 3.8) is 0 Å². The van der Waals surface area contributed by atoms with Gasteiger partial charge >= 0.3 is 39.5 Å². The Hall–Kier alpha value is -3.50. The summed E-state index contributed by atoms with van der Waals surface area (Å²) < 4.78 is 68.5. The van der Waals surface area contributed by atoms with Crippen molar-refractivity contribution in [2.24, 2.45) is 0 Å². The van der Waals surface area contributed by atoms with Crippen LogP contribution in [0.2, 0.25) is 0 Å². The van der Waals surface area contributed by atoms with E-state index in [1.54, 1.807) is 0 Å². The van der Waals surface area contributed by atoms with Crippen molar-refractivity contribution in [1.29, 1.82) is 0 Å². The molecule has 0 aromatic heterocycles. The van der Waals surface area contributed by atoms with Crippen LogP contribution in [-0.2, 0) is 65.4 Å². The van der Waals surface area contributed by atoms with Crippen LogP contribution in [0.5, 0.6) is 0 Å². The van der Waals surface area contributed by atoms with Crippen LogP contribution in [0.1, 0.15) is 349 Å². The van der Waals surface area contributed by atoms with Crippen LogP contribution >= 0.6 is 15.6 Å². The molecule has 0 saturated heterocycles. The first-order chi connectivity index (χ1) is 47.7. The smallest absolute Gasteiger partial charge is 0.462 e. The Morgan fingerprint density at radius 2 is 0.531 bits per heavy atom. The molecule has 0 bridgehead atoms. The summed E-state index contributed by atoms with van der Waals surface area (Å²) in [5.74, 6) is -2.19. The molecule has 0 aromatic rings. The molecule has 17 nitrogen and oxygen atoms in total. The number of phosphoric acid groups is 2. The van der Waals surface area contributed by atoms with Gasteiger partial charge in [0.05, 0.1) is 26.4 Å². The molecule has 19 heteroatoms. The van der Waals surface area contributed by atoms with E-state index >= 15 is 0 Å². The summed E-state index contributed by atoms with van der Waals surface area (Å²) in [6.07, 6.45) is 71.7. The maximum absolute atomic E-state index is 13.1. The normalized spacial score (nSPS) is 14.3. The zero-order valence-corrected chi connectivity index (χ0v) is 64.0. The van der Waals surface area contributed by atoms with Crippen LogP contribution in [-0.4, -0.2) is 96.7 Å². The number of allylic oxidation sites excluding steroid dienone is 12. The quantitative estimate of drug-likeness (QED) is 0.0169. The van der Waals surface area contributed by atoms with Crippen LogP contribution in [0.3, 0.4) is 0 Å². The van der Waals surface area contributed by atoms with Crippen LogP contribution in [0.15, 0.2) is 72.9 Å². The van der Waals surface area contributed by atoms with Crippen molar-refractivity contribution in [3.05, 3.63) is 72.9 Å². The maximum atomic E-state index is 13.1. The lowest BCUT2D eigenvalue weighted by Gasteiger charge is -2.21. The summed E-state index contributed by atoms with van der Waals surface area (Å²) >= 11 is 0. The Bertz CT molecular complexity index is 2140. The van der Waals surface area contributed by atoms with Gasteiger partial charge < -0.3 is 33.8 Å². The summed E-state index contributed by atoms with van der Waals surface area (Å²) in [6.45, 7) is 4.75. The number of carbonyl (C=O) groups is 4. The summed E-state index contributed by atoms with van der Waals surface area (Å²) in [5.41, 5.74) is 0. The van der Waals surface area contributed by atoms with E-state index in [-0.39, 0.29) is 25.7 Å². The van der Waals surface area contributed by atoms with Crippen molar-refractivity contribution in [2.75, 3.05) is 39.6 Å². The molecule has 0 aliphatic carbocycles. The fraction of sp³-hybridized carbons (Fsp3) is 0.797. The second-order valence-corrected chi connectivity index (χ2v) is 29.2. The summed E-state index contributed by atoms with van der Waals surface area (Å²) in [4.78, 5) is 72.9. The van der Waals surface area contributed by atoms with E-state index in [2.05, 4.69) is 101 Å². The minimum Gasteiger partial charge on any atom is -0.462 e. The third-order valence-corrected chi connectivity index (χ3v) is 18.6. The fourth-order valence-electron chi connectivity index (χ4n) is 10.7. The van der Waals surface area contributed by atoms with E-state index in [1.165, 1.54) is 116 Å². The lowest BCUT2D eigenvalue weighted by molar-refractivity contribution is -0.161. The second-order valence-electron chi connectivity index (χ2n) is 26.3. The molecular formula is C79H142O17P2. The number of hydrogen-bond acceptors (Lipinski definition) is 15. The Labute approximate surface area is 596 Å². The highest BCUT2D eigenvalue weighted by Crippen LogP contribution is 2.45. The number of hydrogen-bond donors (Lipinski definition) is 3. The number of carbonyl (C=O) groups excluding carboxylic acids is 4. The van der Waals surface area contributed by atoms with E-state index < -0.39 is 97.5 Å². The first kappa shape index (κ1) is 94.5. The van der Waals surface area contributed by atoms with E-state index in [0.29, 0.717) is 25.7 Å². The predicted octanol–water partition coefficient (Wildman–Crippen LogP) is 22.4. The highest BCUT2D eigenvalue weighted by atomic mass is 31.2. The highest BCUT2D eigenvalue weighted by molar-refractivity contribution is 7.47. The largest absolute Gasteiger partial charge is 0.472 e. The number of phosphoric ester groups is 2. The van der Waals surface area contributed by atoms with Gasteiger partial charge in [0.2, 0.25) is 0 Å². The third kappa shape index (κ3) is 70.9. The molecule has 0 rings (SSSR count). The zero-order chi connectivity index (χ0) is 71.8. The maximum Gasteiger partial charge on any atom is 0.472 e. The molecule has 570 valence electrons. The van der Waals surface area contributed by atoms with Crippen molar-refractivity contribution in [3.8, 4) is 0 Å². The van der Waals surface area contributed by atoms with Gasteiger partial charge in [0, 0.05) is 25.7 Å². The molecule has 0 aliphatic rings. The van der Waals surface area contributed by atoms with Crippen LogP contribution in [0.4, 0.5) is 0 Å². The molecule has 5 unspecified atom stereocenters. The topological polar surface area (TPSA) is 237 Å². The lowest BCUT2D eigenvalue weighted by Crippen LogP contribution is -2.30. The molecule has 0 amide bonds. The molecule has 5 atom stereocenters. The Morgan fingerprint density at radius 1 is 0.296 bits per heavy atom. The number of unbranched alkanes of at least 4 members (excludes halogenated alkanes) is 36. The average Bonchev–Trinajstić information content (AvgIpc) is 1.05. The van der Waals surface area contributed by atoms with Gasteiger partial charge in [-0.15, -0.1) is 0 Å². The molecule has 3 N–H and O–H groups in total. The molecular weight excluding hydrogens is 1280 g/mol. The lowest BCUT2D eigenvalue weighted by atomic mass is 10.0. The first-order valence-electron chi connectivity index (χ1n) is 39.2. The van der Waals surface area contributed by atoms with Gasteiger partial charge in [0.25, 0.3) is 0 Å². The average molecular weight is 1430 g/mol. The van der Waals surface area contributed by atoms with Gasteiger partial charge in [0.15, 0.2) is 12.2 Å². The van der Waals surface area contributed by atoms with Gasteiger partial charge in [-0.3, -0.25) is 37.3 Å². The van der Waals surface area contributed by atoms with Crippen LogP contribution in [0.25, 0.3) is 0 Å². The molecule has 0 fully saturated rings. The van der Waals surface area contributed by atoms with E-state index in [4.69, 9.17) is 37.0 Å². The SMILES string of the molecule is CC/C=C\C/C=C\C/C=C\C/C=C\CCCCCCC(=O)OCC(COP(=O)(O)OCC(O)COP(=O)(O)OCC(COC(=O)CCCCCCC/C=C\CCCCCC)OC(=O)CCCCCCCCCCCCCCC)OC(=O)CCCCCCC/C=C\CCCCCCCC. The predicted molar refractivity (Wildman–Crippen MR) is 400 cm³/mol. The molecule has 0 heterocycles. The van der Waals surface area contributed by atoms with Gasteiger partial charge in [-0.1, -0.05) is 280 Å². The molecule has 98 heavy (non-hydrogen) atoms. The molecule has 0 aromatic carbocycles. The number of aliphatic hydroxyl groups excluding tert-OH is 1. The second kappa shape index (κ2) is 71.9. The summed E-state index contributed by atoms with van der Waals surface area (Å²) in [6, 6.07) is 0. The number of ether oxygens (including phenoxy) is 4. The van der Waals surface area contributed by atoms with E-state index in [1.807, 2.05) is 0 Å². The van der Waals surface area contributed by atoms with E-state index in [0.717, 1.165) is 154 Å². The zero-order valence-electron chi connectivity index (χ0n) is 62.2. The molecule has 0 saturated carbocycles. The van der Waals surface area contributed by atoms with Crippen LogP contribution in [0, 0.1) is 0 Å². The molecule has 0 spiro atoms. The molecule has 0 radical (unpaired) electrons. The van der Waals surface area contributed by atoms with Crippen molar-refractivity contribution >= 4 is 39.5 Å². The van der Waals surface area contributed by atoms with Gasteiger partial charge in [0.1, 0.15) is 19.3 Å². The Balaban J connectivity index is 5.35. The molecule has 0 aliphatic heterocycles. The van der Waals surface area contributed by atoms with Crippen LogP contribution < -0.4 is 0 Å². The van der Waals surface area contributed by atoms with Gasteiger partial charge in [-0.2, -0.15) is 0 Å². The van der Waals surface area contributed by atoms with Crippen molar-refractivity contribution in [2.45, 2.75) is 367 Å². The standard InChI is InChI=1S/C79H142O17P2/c1-5-9-13-17-21-25-29-33-35-36-38-41-44-48-52-56-60-64-77(82)90-70-75(96-79(84)66-62-58-54-50-46-42-37-34-30-26-22-18-14-10-6-2)72-94-98(87,88)92-68-73(80)67-91-97(85,86)93-71-74(95-78(83)65-61-57-53-49-45-40-32-28-24-20-16-12-8-4)69-89-76(81)63-59-55-51-47-43-39-31-27-23-19-15-11-7-3/h9,13,21,25,27,31,33-35,37-38,41,73-75,80H,5-8,10-12,14-20,22-24,26,28-30,32,36,39-40,42-72H2,1-4H3,(H,85,86)(H,87,88)/b13-9-,25-21-,31-27-,35-33-,37-34-,41-38-. The number of rotatable bonds is 74. The number of esters is 4. The minimum absolute atomic E-state index is 0.0818. The Kier molecular flexibility index (Phi) is 69.3. The van der Waals surface area contributed by atoms with Crippen molar-refractivity contribution in [1.82, 2.24) is 0 Å². The minimum atomic E-state index is -4.98.